The number of aliphatic hydroxyl groups excluding tert-OH is 1. The third-order valence-electron chi connectivity index (χ3n) is 2.40. The zero-order valence-electron chi connectivity index (χ0n) is 16.0. The van der Waals surface area contributed by atoms with Gasteiger partial charge in [-0.1, -0.05) is 71.0 Å². The van der Waals surface area contributed by atoms with Crippen LogP contribution in [0.15, 0.2) is 24.3 Å². The van der Waals surface area contributed by atoms with Crippen molar-refractivity contribution in [2.75, 3.05) is 27.2 Å². The van der Waals surface area contributed by atoms with Crippen molar-refractivity contribution in [3.63, 3.8) is 0 Å². The molecule has 0 aromatic heterocycles. The van der Waals surface area contributed by atoms with Gasteiger partial charge in [0.1, 0.15) is 18.5 Å². The van der Waals surface area contributed by atoms with Crippen molar-refractivity contribution >= 4 is 12.8 Å². The van der Waals surface area contributed by atoms with E-state index in [1.54, 1.807) is 14.1 Å². The fourth-order valence-electron chi connectivity index (χ4n) is 1.12. The highest BCUT2D eigenvalue weighted by Crippen LogP contribution is 2.11. The standard InChI is InChI=1S/C11H17NO2.C4H10.C2H6.CH5NS/c1-9-3-5-11(6-4-9)14-8-10(13)7-12-2;1-3-4-2;1-2;1-2-3/h3-6,10,12-13H,7-8H2,1-2H3;3-4H2,1-2H3;1-2H3;2-3H,1H3. The maximum absolute atomic E-state index is 9.38. The van der Waals surface area contributed by atoms with E-state index in [-0.39, 0.29) is 0 Å². The van der Waals surface area contributed by atoms with Crippen LogP contribution in [-0.2, 0) is 0 Å². The fraction of sp³-hybridized carbons (Fsp3) is 0.667. The number of nitrogens with one attached hydrogen (secondary N) is 2. The third kappa shape index (κ3) is 23.6. The molecule has 1 unspecified atom stereocenters. The summed E-state index contributed by atoms with van der Waals surface area (Å²) in [5.41, 5.74) is 1.20. The van der Waals surface area contributed by atoms with Crippen molar-refractivity contribution in [2.24, 2.45) is 0 Å². The Morgan fingerprint density at radius 3 is 1.87 bits per heavy atom. The quantitative estimate of drug-likeness (QED) is 0.591. The maximum Gasteiger partial charge on any atom is 0.119 e. The van der Waals surface area contributed by atoms with Gasteiger partial charge in [-0.15, -0.1) is 0 Å². The van der Waals surface area contributed by atoms with Gasteiger partial charge >= 0.3 is 0 Å². The predicted molar refractivity (Wildman–Crippen MR) is 107 cm³/mol. The highest BCUT2D eigenvalue weighted by atomic mass is 32.1. The van der Waals surface area contributed by atoms with Gasteiger partial charge in [-0.25, -0.2) is 0 Å². The lowest BCUT2D eigenvalue weighted by Gasteiger charge is -2.11. The first-order chi connectivity index (χ1) is 11.0. The molecule has 0 bridgehead atoms. The molecular formula is C18H38N2O2S. The van der Waals surface area contributed by atoms with Gasteiger partial charge in [-0.3, -0.25) is 4.72 Å². The minimum absolute atomic E-state index is 0.323. The smallest absolute Gasteiger partial charge is 0.119 e. The second kappa shape index (κ2) is 23.5. The van der Waals surface area contributed by atoms with E-state index in [2.05, 4.69) is 36.7 Å². The number of aliphatic hydroxyl groups is 1. The van der Waals surface area contributed by atoms with Gasteiger partial charge in [0, 0.05) is 6.54 Å². The molecule has 0 spiro atoms. The lowest BCUT2D eigenvalue weighted by atomic mass is 10.2. The Kier molecular flexibility index (Phi) is 27.7. The lowest BCUT2D eigenvalue weighted by molar-refractivity contribution is 0.108. The van der Waals surface area contributed by atoms with Crippen molar-refractivity contribution in [3.8, 4) is 5.75 Å². The maximum atomic E-state index is 9.38. The Labute approximate surface area is 149 Å². The molecule has 3 N–H and O–H groups in total. The molecule has 1 aromatic carbocycles. The number of likely N-dealkylation sites (N-methyl/N-ethyl adjacent to an activating group) is 1. The topological polar surface area (TPSA) is 53.5 Å². The average Bonchev–Trinajstić information content (AvgIpc) is 2.57. The van der Waals surface area contributed by atoms with E-state index in [9.17, 15) is 5.11 Å². The van der Waals surface area contributed by atoms with E-state index in [4.69, 9.17) is 4.74 Å². The van der Waals surface area contributed by atoms with Gasteiger partial charge in [0.2, 0.25) is 0 Å². The third-order valence-corrected chi connectivity index (χ3v) is 2.40. The molecular weight excluding hydrogens is 308 g/mol. The normalized spacial score (nSPS) is 9.96. The summed E-state index contributed by atoms with van der Waals surface area (Å²) in [7, 11) is 3.54. The van der Waals surface area contributed by atoms with Crippen LogP contribution < -0.4 is 14.8 Å². The van der Waals surface area contributed by atoms with Gasteiger partial charge in [0.05, 0.1) is 0 Å². The van der Waals surface area contributed by atoms with Crippen LogP contribution in [0, 0.1) is 6.92 Å². The Hall–Kier alpha value is -0.750. The number of thiol groups is 1. The van der Waals surface area contributed by atoms with Crippen LogP contribution in [0.4, 0.5) is 0 Å². The Balaban J connectivity index is -0.000000372. The molecule has 0 saturated carbocycles. The highest BCUT2D eigenvalue weighted by molar-refractivity contribution is 7.78. The van der Waals surface area contributed by atoms with Crippen LogP contribution in [0.25, 0.3) is 0 Å². The van der Waals surface area contributed by atoms with Crippen molar-refractivity contribution < 1.29 is 9.84 Å². The molecule has 5 heteroatoms. The first-order valence-electron chi connectivity index (χ1n) is 8.38. The molecule has 138 valence electrons. The lowest BCUT2D eigenvalue weighted by Crippen LogP contribution is -2.29. The zero-order valence-corrected chi connectivity index (χ0v) is 16.9. The van der Waals surface area contributed by atoms with Crippen molar-refractivity contribution in [3.05, 3.63) is 29.8 Å². The Morgan fingerprint density at radius 1 is 1.09 bits per heavy atom. The number of hydrogen-bond donors (Lipinski definition) is 4. The molecule has 1 atom stereocenters. The number of aryl methyl sites for hydroxylation is 1. The molecule has 1 rings (SSSR count). The second-order valence-corrected chi connectivity index (χ2v) is 5.01. The Bertz CT molecular complexity index is 306. The zero-order chi connectivity index (χ0) is 18.5. The van der Waals surface area contributed by atoms with Crippen LogP contribution in [0.3, 0.4) is 0 Å². The minimum Gasteiger partial charge on any atom is -0.491 e. The fourth-order valence-corrected chi connectivity index (χ4v) is 1.12. The molecule has 0 fully saturated rings. The summed E-state index contributed by atoms with van der Waals surface area (Å²) in [6, 6.07) is 7.78. The van der Waals surface area contributed by atoms with Gasteiger partial charge in [-0.2, -0.15) is 0 Å². The first-order valence-corrected chi connectivity index (χ1v) is 8.83. The summed E-state index contributed by atoms with van der Waals surface area (Å²) in [6.45, 7) is 11.3. The van der Waals surface area contributed by atoms with Crippen molar-refractivity contribution in [2.45, 2.75) is 53.6 Å². The summed E-state index contributed by atoms with van der Waals surface area (Å²) in [5.74, 6) is 0.797. The van der Waals surface area contributed by atoms with Crippen molar-refractivity contribution in [1.29, 1.82) is 0 Å². The Morgan fingerprint density at radius 2 is 1.52 bits per heavy atom. The van der Waals surface area contributed by atoms with Gasteiger partial charge in [0.15, 0.2) is 0 Å². The van der Waals surface area contributed by atoms with Crippen molar-refractivity contribution in [1.82, 2.24) is 10.0 Å². The van der Waals surface area contributed by atoms with E-state index < -0.39 is 6.10 Å². The molecule has 0 aliphatic heterocycles. The summed E-state index contributed by atoms with van der Waals surface area (Å²) < 4.78 is 7.83. The van der Waals surface area contributed by atoms with E-state index in [1.165, 1.54) is 18.4 Å². The van der Waals surface area contributed by atoms with Crippen LogP contribution in [0.2, 0.25) is 0 Å². The average molecular weight is 347 g/mol. The number of unbranched alkanes of at least 4 members (excludes halogenated alkanes) is 1. The monoisotopic (exact) mass is 346 g/mol. The molecule has 0 saturated heterocycles. The number of benzene rings is 1. The molecule has 0 amide bonds. The molecule has 1 aromatic rings. The minimum atomic E-state index is -0.457. The summed E-state index contributed by atoms with van der Waals surface area (Å²) in [5, 5.41) is 12.3. The number of rotatable bonds is 6. The van der Waals surface area contributed by atoms with Gasteiger partial charge in [0.25, 0.3) is 0 Å². The van der Waals surface area contributed by atoms with Gasteiger partial charge < -0.3 is 15.2 Å². The van der Waals surface area contributed by atoms with E-state index in [0.29, 0.717) is 13.2 Å². The molecule has 0 aliphatic carbocycles. The van der Waals surface area contributed by atoms with E-state index in [0.717, 1.165) is 5.75 Å². The largest absolute Gasteiger partial charge is 0.491 e. The molecule has 0 aliphatic rings. The second-order valence-electron chi connectivity index (χ2n) is 4.56. The molecule has 0 radical (unpaired) electrons. The number of hydrogen-bond acceptors (Lipinski definition) is 5. The predicted octanol–water partition coefficient (Wildman–Crippen LogP) is 3.84. The SMILES string of the molecule is CC.CCCC.CNCC(O)COc1ccc(C)cc1.CNS. The van der Waals surface area contributed by atoms with E-state index >= 15 is 0 Å². The molecule has 23 heavy (non-hydrogen) atoms. The van der Waals surface area contributed by atoms with Crippen LogP contribution in [-0.4, -0.2) is 38.5 Å². The molecule has 4 nitrogen and oxygen atoms in total. The highest BCUT2D eigenvalue weighted by Gasteiger charge is 2.02. The number of ether oxygens (including phenoxy) is 1. The van der Waals surface area contributed by atoms with Crippen LogP contribution >= 0.6 is 12.8 Å². The summed E-state index contributed by atoms with van der Waals surface area (Å²) in [4.78, 5) is 0. The summed E-state index contributed by atoms with van der Waals surface area (Å²) in [6.07, 6.45) is 2.18. The molecule has 0 heterocycles. The first kappa shape index (κ1) is 27.1. The van der Waals surface area contributed by atoms with Crippen LogP contribution in [0.1, 0.15) is 46.1 Å². The van der Waals surface area contributed by atoms with E-state index in [1.807, 2.05) is 45.0 Å². The van der Waals surface area contributed by atoms with Crippen LogP contribution in [0.5, 0.6) is 5.75 Å². The van der Waals surface area contributed by atoms with Gasteiger partial charge in [-0.05, 0) is 33.2 Å². The summed E-state index contributed by atoms with van der Waals surface area (Å²) >= 11 is 3.54.